The van der Waals surface area contributed by atoms with Crippen molar-refractivity contribution in [3.63, 3.8) is 0 Å². The highest BCUT2D eigenvalue weighted by Crippen LogP contribution is 2.24. The van der Waals surface area contributed by atoms with E-state index < -0.39 is 5.60 Å². The van der Waals surface area contributed by atoms with Crippen molar-refractivity contribution in [1.29, 1.82) is 0 Å². The maximum atomic E-state index is 11.5. The van der Waals surface area contributed by atoms with Crippen molar-refractivity contribution in [2.45, 2.75) is 26.4 Å². The molecular formula is C10H15Br2NO2. The molecule has 0 atom stereocenters. The van der Waals surface area contributed by atoms with Gasteiger partial charge in [0.2, 0.25) is 0 Å². The third-order valence-electron chi connectivity index (χ3n) is 1.92. The molecule has 0 bridgehead atoms. The topological polar surface area (TPSA) is 29.5 Å². The van der Waals surface area contributed by atoms with Gasteiger partial charge in [0.25, 0.3) is 0 Å². The van der Waals surface area contributed by atoms with Gasteiger partial charge in [-0.25, -0.2) is 4.79 Å². The fraction of sp³-hybridized carbons (Fsp3) is 0.700. The second-order valence-corrected chi connectivity index (χ2v) is 7.37. The first kappa shape index (κ1) is 13.0. The van der Waals surface area contributed by atoms with Crippen LogP contribution in [0.15, 0.2) is 9.47 Å². The SMILES string of the molecule is CC(C)(C)OC(=O)N1CC(C=C(Br)Br)C1. The summed E-state index contributed by atoms with van der Waals surface area (Å²) in [7, 11) is 0. The molecule has 0 aromatic rings. The summed E-state index contributed by atoms with van der Waals surface area (Å²) >= 11 is 6.60. The number of halogens is 2. The summed E-state index contributed by atoms with van der Waals surface area (Å²) in [5, 5.41) is 0. The molecular weight excluding hydrogens is 326 g/mol. The molecule has 1 heterocycles. The number of amides is 1. The molecule has 0 radical (unpaired) electrons. The predicted octanol–water partition coefficient (Wildman–Crippen LogP) is 3.48. The van der Waals surface area contributed by atoms with Gasteiger partial charge in [-0.05, 0) is 52.6 Å². The van der Waals surface area contributed by atoms with Crippen molar-refractivity contribution in [3.05, 3.63) is 9.47 Å². The molecule has 0 saturated carbocycles. The summed E-state index contributed by atoms with van der Waals surface area (Å²) in [5.41, 5.74) is -0.409. The molecule has 1 saturated heterocycles. The minimum Gasteiger partial charge on any atom is -0.444 e. The largest absolute Gasteiger partial charge is 0.444 e. The van der Waals surface area contributed by atoms with E-state index in [2.05, 4.69) is 31.9 Å². The zero-order valence-electron chi connectivity index (χ0n) is 9.09. The molecule has 15 heavy (non-hydrogen) atoms. The van der Waals surface area contributed by atoms with Crippen LogP contribution in [0.25, 0.3) is 0 Å². The summed E-state index contributed by atoms with van der Waals surface area (Å²) in [5.74, 6) is 0.422. The molecule has 1 amide bonds. The molecule has 3 nitrogen and oxygen atoms in total. The van der Waals surface area contributed by atoms with Crippen LogP contribution in [0.3, 0.4) is 0 Å². The van der Waals surface area contributed by atoms with Crippen LogP contribution in [-0.2, 0) is 4.74 Å². The van der Waals surface area contributed by atoms with Gasteiger partial charge in [0.05, 0.1) is 3.39 Å². The van der Waals surface area contributed by atoms with Gasteiger partial charge < -0.3 is 9.64 Å². The number of likely N-dealkylation sites (tertiary alicyclic amines) is 1. The number of hydrogen-bond donors (Lipinski definition) is 0. The van der Waals surface area contributed by atoms with Crippen LogP contribution in [0.4, 0.5) is 4.79 Å². The van der Waals surface area contributed by atoms with Gasteiger partial charge in [0.1, 0.15) is 5.60 Å². The van der Waals surface area contributed by atoms with Crippen molar-refractivity contribution in [2.24, 2.45) is 5.92 Å². The van der Waals surface area contributed by atoms with Gasteiger partial charge in [0.15, 0.2) is 0 Å². The molecule has 0 spiro atoms. The fourth-order valence-electron chi connectivity index (χ4n) is 1.27. The Morgan fingerprint density at radius 1 is 1.40 bits per heavy atom. The van der Waals surface area contributed by atoms with Gasteiger partial charge in [-0.15, -0.1) is 0 Å². The van der Waals surface area contributed by atoms with Gasteiger partial charge in [-0.1, -0.05) is 6.08 Å². The lowest BCUT2D eigenvalue weighted by Crippen LogP contribution is -2.50. The van der Waals surface area contributed by atoms with Crippen LogP contribution in [-0.4, -0.2) is 29.7 Å². The smallest absolute Gasteiger partial charge is 0.410 e. The van der Waals surface area contributed by atoms with Gasteiger partial charge >= 0.3 is 6.09 Å². The quantitative estimate of drug-likeness (QED) is 0.731. The Labute approximate surface area is 107 Å². The lowest BCUT2D eigenvalue weighted by Gasteiger charge is -2.38. The van der Waals surface area contributed by atoms with Crippen LogP contribution >= 0.6 is 31.9 Å². The Bertz CT molecular complexity index is 274. The Balaban J connectivity index is 2.33. The van der Waals surface area contributed by atoms with Crippen molar-refractivity contribution < 1.29 is 9.53 Å². The summed E-state index contributed by atoms with van der Waals surface area (Å²) in [6, 6.07) is 0. The molecule has 0 unspecified atom stereocenters. The Morgan fingerprint density at radius 2 is 1.93 bits per heavy atom. The number of hydrogen-bond acceptors (Lipinski definition) is 2. The van der Waals surface area contributed by atoms with Gasteiger partial charge in [-0.3, -0.25) is 0 Å². The van der Waals surface area contributed by atoms with E-state index in [1.165, 1.54) is 0 Å². The van der Waals surface area contributed by atoms with Gasteiger partial charge in [0, 0.05) is 19.0 Å². The Morgan fingerprint density at radius 3 is 2.33 bits per heavy atom. The molecule has 0 aliphatic carbocycles. The van der Waals surface area contributed by atoms with E-state index in [-0.39, 0.29) is 6.09 Å². The van der Waals surface area contributed by atoms with Crippen LogP contribution in [0.2, 0.25) is 0 Å². The first-order valence-corrected chi connectivity index (χ1v) is 6.37. The molecule has 5 heteroatoms. The summed E-state index contributed by atoms with van der Waals surface area (Å²) in [6.07, 6.45) is 1.82. The lowest BCUT2D eigenvalue weighted by molar-refractivity contribution is 0.00493. The van der Waals surface area contributed by atoms with Crippen molar-refractivity contribution in [3.8, 4) is 0 Å². The summed E-state index contributed by atoms with van der Waals surface area (Å²) < 4.78 is 6.17. The van der Waals surface area contributed by atoms with E-state index >= 15 is 0 Å². The monoisotopic (exact) mass is 339 g/mol. The average Bonchev–Trinajstić information content (AvgIpc) is 1.91. The zero-order valence-corrected chi connectivity index (χ0v) is 12.3. The van der Waals surface area contributed by atoms with Crippen LogP contribution in [0.1, 0.15) is 20.8 Å². The summed E-state index contributed by atoms with van der Waals surface area (Å²) in [4.78, 5) is 13.2. The average molecular weight is 341 g/mol. The third-order valence-corrected chi connectivity index (χ3v) is 2.45. The minimum atomic E-state index is -0.409. The normalized spacial score (nSPS) is 17.0. The molecule has 0 aromatic heterocycles. The standard InChI is InChI=1S/C10H15Br2NO2/c1-10(2,3)15-9(14)13-5-7(6-13)4-8(11)12/h4,7H,5-6H2,1-3H3. The molecule has 1 rings (SSSR count). The third kappa shape index (κ3) is 4.55. The number of carbonyl (C=O) groups excluding carboxylic acids is 1. The zero-order chi connectivity index (χ0) is 11.6. The van der Waals surface area contributed by atoms with E-state index in [9.17, 15) is 4.79 Å². The first-order valence-electron chi connectivity index (χ1n) is 4.78. The molecule has 1 aliphatic rings. The fourth-order valence-corrected chi connectivity index (χ4v) is 2.02. The van der Waals surface area contributed by atoms with Gasteiger partial charge in [-0.2, -0.15) is 0 Å². The van der Waals surface area contributed by atoms with Crippen molar-refractivity contribution in [1.82, 2.24) is 4.90 Å². The van der Waals surface area contributed by atoms with Crippen LogP contribution < -0.4 is 0 Å². The predicted molar refractivity (Wildman–Crippen MR) is 67.2 cm³/mol. The molecule has 1 aliphatic heterocycles. The van der Waals surface area contributed by atoms with Crippen LogP contribution in [0, 0.1) is 5.92 Å². The maximum absolute atomic E-state index is 11.5. The van der Waals surface area contributed by atoms with Crippen LogP contribution in [0.5, 0.6) is 0 Å². The van der Waals surface area contributed by atoms with E-state index in [1.807, 2.05) is 26.8 Å². The van der Waals surface area contributed by atoms with E-state index in [0.29, 0.717) is 5.92 Å². The second-order valence-electron chi connectivity index (χ2n) is 4.60. The highest BCUT2D eigenvalue weighted by Gasteiger charge is 2.32. The highest BCUT2D eigenvalue weighted by atomic mass is 79.9. The van der Waals surface area contributed by atoms with E-state index in [1.54, 1.807) is 4.90 Å². The number of ether oxygens (including phenoxy) is 1. The first-order chi connectivity index (χ1) is 6.78. The number of carbonyl (C=O) groups is 1. The number of rotatable bonds is 1. The maximum Gasteiger partial charge on any atom is 0.410 e. The van der Waals surface area contributed by atoms with E-state index in [0.717, 1.165) is 16.5 Å². The van der Waals surface area contributed by atoms with Crippen molar-refractivity contribution in [2.75, 3.05) is 13.1 Å². The lowest BCUT2D eigenvalue weighted by atomic mass is 10.0. The second kappa shape index (κ2) is 4.87. The molecule has 0 aromatic carbocycles. The summed E-state index contributed by atoms with van der Waals surface area (Å²) in [6.45, 7) is 7.08. The van der Waals surface area contributed by atoms with Crippen molar-refractivity contribution >= 4 is 38.0 Å². The minimum absolute atomic E-state index is 0.224. The molecule has 86 valence electrons. The Hall–Kier alpha value is -0.0300. The number of nitrogens with zero attached hydrogens (tertiary/aromatic N) is 1. The highest BCUT2D eigenvalue weighted by molar-refractivity contribution is 9.28. The molecule has 1 fully saturated rings. The molecule has 0 N–H and O–H groups in total. The van der Waals surface area contributed by atoms with E-state index in [4.69, 9.17) is 4.74 Å². The Kier molecular flexibility index (Phi) is 4.23.